The van der Waals surface area contributed by atoms with Crippen LogP contribution in [-0.2, 0) is 11.8 Å². The molecule has 1 heterocycles. The summed E-state index contributed by atoms with van der Waals surface area (Å²) in [5, 5.41) is 14.5. The third-order valence-electron chi connectivity index (χ3n) is 3.22. The van der Waals surface area contributed by atoms with Crippen molar-refractivity contribution < 1.29 is 14.7 Å². The van der Waals surface area contributed by atoms with E-state index in [1.807, 2.05) is 7.05 Å². The van der Waals surface area contributed by atoms with Crippen LogP contribution in [0.25, 0.3) is 0 Å². The number of aryl methyl sites for hydroxylation is 1. The van der Waals surface area contributed by atoms with Gasteiger partial charge in [-0.25, -0.2) is 9.78 Å². The van der Waals surface area contributed by atoms with Crippen molar-refractivity contribution in [2.24, 2.45) is 7.05 Å². The topological polar surface area (TPSA) is 96.3 Å². The number of urea groups is 1. The summed E-state index contributed by atoms with van der Waals surface area (Å²) in [4.78, 5) is 26.8. The van der Waals surface area contributed by atoms with Crippen LogP contribution in [0.2, 0.25) is 5.02 Å². The van der Waals surface area contributed by atoms with Gasteiger partial charge in [-0.15, -0.1) is 0 Å². The summed E-state index contributed by atoms with van der Waals surface area (Å²) < 4.78 is 1.80. The first-order chi connectivity index (χ1) is 11.0. The molecule has 1 aromatic carbocycles. The number of imidazole rings is 1. The van der Waals surface area contributed by atoms with Crippen LogP contribution in [0.5, 0.6) is 0 Å². The lowest BCUT2D eigenvalue weighted by Crippen LogP contribution is -2.40. The van der Waals surface area contributed by atoms with Crippen LogP contribution in [0, 0.1) is 0 Å². The minimum Gasteiger partial charge on any atom is -0.481 e. The normalized spacial score (nSPS) is 11.7. The Morgan fingerprint density at radius 2 is 2.04 bits per heavy atom. The number of carbonyl (C=O) groups excluding carboxylic acids is 1. The number of hydrogen-bond acceptors (Lipinski definition) is 3. The third-order valence-corrected chi connectivity index (χ3v) is 3.47. The van der Waals surface area contributed by atoms with Crippen LogP contribution < -0.4 is 10.6 Å². The summed E-state index contributed by atoms with van der Waals surface area (Å²) in [7, 11) is 1.83. The molecule has 8 heteroatoms. The van der Waals surface area contributed by atoms with Gasteiger partial charge in [0.25, 0.3) is 0 Å². The second-order valence-corrected chi connectivity index (χ2v) is 5.36. The van der Waals surface area contributed by atoms with Crippen molar-refractivity contribution in [1.29, 1.82) is 0 Å². The number of amides is 2. The molecule has 0 aliphatic carbocycles. The van der Waals surface area contributed by atoms with Crippen LogP contribution in [0.4, 0.5) is 4.79 Å². The van der Waals surface area contributed by atoms with E-state index in [0.29, 0.717) is 10.8 Å². The number of aromatic nitrogens is 2. The van der Waals surface area contributed by atoms with Gasteiger partial charge in [-0.3, -0.25) is 4.79 Å². The minimum absolute atomic E-state index is 0.0507. The van der Waals surface area contributed by atoms with Crippen molar-refractivity contribution in [2.75, 3.05) is 6.54 Å². The highest BCUT2D eigenvalue weighted by Crippen LogP contribution is 2.22. The molecule has 23 heavy (non-hydrogen) atoms. The predicted octanol–water partition coefficient (Wildman–Crippen LogP) is 1.94. The van der Waals surface area contributed by atoms with Crippen LogP contribution in [-0.4, -0.2) is 33.2 Å². The maximum atomic E-state index is 12.0. The highest BCUT2D eigenvalue weighted by atomic mass is 35.5. The summed E-state index contributed by atoms with van der Waals surface area (Å²) in [6, 6.07) is 6.14. The predicted molar refractivity (Wildman–Crippen MR) is 85.3 cm³/mol. The molecule has 3 N–H and O–H groups in total. The molecule has 2 aromatic rings. The fourth-order valence-electron chi connectivity index (χ4n) is 2.07. The lowest BCUT2D eigenvalue weighted by Gasteiger charge is -2.19. The Kier molecular flexibility index (Phi) is 5.59. The Labute approximate surface area is 138 Å². The van der Waals surface area contributed by atoms with E-state index in [4.69, 9.17) is 16.7 Å². The number of halogens is 1. The summed E-state index contributed by atoms with van der Waals surface area (Å²) in [6.07, 6.45) is 3.28. The summed E-state index contributed by atoms with van der Waals surface area (Å²) in [5.41, 5.74) is 0.817. The van der Waals surface area contributed by atoms with Gasteiger partial charge in [-0.2, -0.15) is 0 Å². The fourth-order valence-corrected chi connectivity index (χ4v) is 2.20. The zero-order valence-corrected chi connectivity index (χ0v) is 13.2. The van der Waals surface area contributed by atoms with E-state index in [9.17, 15) is 9.59 Å². The van der Waals surface area contributed by atoms with Gasteiger partial charge < -0.3 is 20.3 Å². The second kappa shape index (κ2) is 7.64. The molecule has 0 aliphatic rings. The highest BCUT2D eigenvalue weighted by Gasteiger charge is 2.20. The smallest absolute Gasteiger partial charge is 0.315 e. The van der Waals surface area contributed by atoms with E-state index in [1.165, 1.54) is 0 Å². The lowest BCUT2D eigenvalue weighted by atomic mass is 10.1. The molecule has 1 unspecified atom stereocenters. The standard InChI is InChI=1S/C15H17ClN4O3/c1-20-9-8-17-14(20)13(10-2-4-11(16)5-3-10)19-15(23)18-7-6-12(21)22/h2-5,8-9,13H,6-7H2,1H3,(H,21,22)(H2,18,19,23). The van der Waals surface area contributed by atoms with Crippen molar-refractivity contribution >= 4 is 23.6 Å². The van der Waals surface area contributed by atoms with Crippen LogP contribution in [0.15, 0.2) is 36.7 Å². The summed E-state index contributed by atoms with van der Waals surface area (Å²) in [6.45, 7) is 0.0507. The number of rotatable bonds is 6. The molecular formula is C15H17ClN4O3. The van der Waals surface area contributed by atoms with E-state index in [1.54, 1.807) is 41.2 Å². The molecule has 1 atom stereocenters. The average Bonchev–Trinajstić information content (AvgIpc) is 2.91. The molecule has 2 rings (SSSR count). The highest BCUT2D eigenvalue weighted by molar-refractivity contribution is 6.30. The molecule has 0 saturated heterocycles. The number of nitrogens with one attached hydrogen (secondary N) is 2. The molecule has 1 aromatic heterocycles. The van der Waals surface area contributed by atoms with Crippen molar-refractivity contribution in [3.05, 3.63) is 53.1 Å². The SMILES string of the molecule is Cn1ccnc1C(NC(=O)NCCC(=O)O)c1ccc(Cl)cc1. The first kappa shape index (κ1) is 16.8. The molecule has 0 aliphatic heterocycles. The monoisotopic (exact) mass is 336 g/mol. The van der Waals surface area contributed by atoms with Crippen LogP contribution in [0.3, 0.4) is 0 Å². The Hall–Kier alpha value is -2.54. The number of carboxylic acid groups (broad SMARTS) is 1. The van der Waals surface area contributed by atoms with Crippen molar-refractivity contribution in [1.82, 2.24) is 20.2 Å². The number of carbonyl (C=O) groups is 2. The molecule has 0 fully saturated rings. The zero-order chi connectivity index (χ0) is 16.8. The third kappa shape index (κ3) is 4.72. The zero-order valence-electron chi connectivity index (χ0n) is 12.5. The van der Waals surface area contributed by atoms with Gasteiger partial charge in [-0.05, 0) is 17.7 Å². The number of carboxylic acids is 1. The molecule has 122 valence electrons. The fraction of sp³-hybridized carbons (Fsp3) is 0.267. The average molecular weight is 337 g/mol. The molecule has 0 radical (unpaired) electrons. The van der Waals surface area contributed by atoms with E-state index in [-0.39, 0.29) is 13.0 Å². The van der Waals surface area contributed by atoms with E-state index in [0.717, 1.165) is 5.56 Å². The maximum absolute atomic E-state index is 12.0. The molecule has 2 amide bonds. The minimum atomic E-state index is -0.969. The van der Waals surface area contributed by atoms with Crippen molar-refractivity contribution in [3.8, 4) is 0 Å². The van der Waals surface area contributed by atoms with Gasteiger partial charge in [0.1, 0.15) is 11.9 Å². The second-order valence-electron chi connectivity index (χ2n) is 4.92. The quantitative estimate of drug-likeness (QED) is 0.751. The maximum Gasteiger partial charge on any atom is 0.315 e. The van der Waals surface area contributed by atoms with Gasteiger partial charge in [0.15, 0.2) is 0 Å². The molecule has 0 spiro atoms. The van der Waals surface area contributed by atoms with Crippen LogP contribution >= 0.6 is 11.6 Å². The number of benzene rings is 1. The number of hydrogen-bond donors (Lipinski definition) is 3. The van der Waals surface area contributed by atoms with E-state index >= 15 is 0 Å². The van der Waals surface area contributed by atoms with Crippen LogP contribution in [0.1, 0.15) is 23.9 Å². The molecule has 7 nitrogen and oxygen atoms in total. The first-order valence-corrected chi connectivity index (χ1v) is 7.34. The first-order valence-electron chi connectivity index (χ1n) is 6.96. The molecule has 0 bridgehead atoms. The Morgan fingerprint density at radius 3 is 2.61 bits per heavy atom. The Balaban J connectivity index is 2.14. The van der Waals surface area contributed by atoms with Gasteiger partial charge in [0.2, 0.25) is 0 Å². The van der Waals surface area contributed by atoms with Crippen molar-refractivity contribution in [2.45, 2.75) is 12.5 Å². The van der Waals surface area contributed by atoms with Gasteiger partial charge in [0.05, 0.1) is 6.42 Å². The summed E-state index contributed by atoms with van der Waals surface area (Å²) >= 11 is 5.90. The molecular weight excluding hydrogens is 320 g/mol. The molecule has 0 saturated carbocycles. The van der Waals surface area contributed by atoms with Gasteiger partial charge >= 0.3 is 12.0 Å². The summed E-state index contributed by atoms with van der Waals surface area (Å²) in [5.74, 6) is -0.315. The number of aliphatic carboxylic acids is 1. The van der Waals surface area contributed by atoms with Crippen molar-refractivity contribution in [3.63, 3.8) is 0 Å². The Bertz CT molecular complexity index is 684. The lowest BCUT2D eigenvalue weighted by molar-refractivity contribution is -0.136. The van der Waals surface area contributed by atoms with Gasteiger partial charge in [0, 0.05) is 31.0 Å². The van der Waals surface area contributed by atoms with E-state index in [2.05, 4.69) is 15.6 Å². The number of nitrogens with zero attached hydrogens (tertiary/aromatic N) is 2. The largest absolute Gasteiger partial charge is 0.481 e. The van der Waals surface area contributed by atoms with Gasteiger partial charge in [-0.1, -0.05) is 23.7 Å². The van der Waals surface area contributed by atoms with E-state index < -0.39 is 18.0 Å². The Morgan fingerprint density at radius 1 is 1.35 bits per heavy atom.